The number of fused-ring (bicyclic) bond motifs is 1. The van der Waals surface area contributed by atoms with Crippen LogP contribution in [0.4, 0.5) is 5.69 Å². The molecule has 6 heteroatoms. The maximum absolute atomic E-state index is 5.99. The third-order valence-electron chi connectivity index (χ3n) is 3.37. The van der Waals surface area contributed by atoms with E-state index in [2.05, 4.69) is 15.3 Å². The SMILES string of the molecule is Clc1ccc(-c2cnc(C3CNc4ccccc4O3)[nH]2)s1. The van der Waals surface area contributed by atoms with E-state index < -0.39 is 0 Å². The van der Waals surface area contributed by atoms with Crippen molar-refractivity contribution >= 4 is 28.6 Å². The van der Waals surface area contributed by atoms with E-state index in [-0.39, 0.29) is 6.10 Å². The number of hydrogen-bond donors (Lipinski definition) is 2. The van der Waals surface area contributed by atoms with Crippen molar-refractivity contribution in [2.75, 3.05) is 11.9 Å². The highest BCUT2D eigenvalue weighted by Gasteiger charge is 2.23. The number of imidazole rings is 1. The van der Waals surface area contributed by atoms with Gasteiger partial charge in [-0.25, -0.2) is 4.98 Å². The summed E-state index contributed by atoms with van der Waals surface area (Å²) in [5, 5.41) is 3.36. The fraction of sp³-hybridized carbons (Fsp3) is 0.133. The number of ether oxygens (including phenoxy) is 1. The van der Waals surface area contributed by atoms with Gasteiger partial charge in [0.15, 0.2) is 6.10 Å². The smallest absolute Gasteiger partial charge is 0.173 e. The minimum atomic E-state index is -0.121. The summed E-state index contributed by atoms with van der Waals surface area (Å²) in [5.41, 5.74) is 1.98. The molecule has 1 unspecified atom stereocenters. The second-order valence-electron chi connectivity index (χ2n) is 4.77. The second-order valence-corrected chi connectivity index (χ2v) is 6.48. The van der Waals surface area contributed by atoms with Gasteiger partial charge < -0.3 is 15.0 Å². The van der Waals surface area contributed by atoms with Crippen LogP contribution in [0.5, 0.6) is 5.75 Å². The Morgan fingerprint density at radius 2 is 2.14 bits per heavy atom. The molecule has 4 rings (SSSR count). The van der Waals surface area contributed by atoms with E-state index in [1.807, 2.05) is 42.6 Å². The molecule has 0 saturated heterocycles. The molecule has 1 aliphatic rings. The van der Waals surface area contributed by atoms with Crippen molar-refractivity contribution in [3.05, 3.63) is 52.8 Å². The topological polar surface area (TPSA) is 49.9 Å². The zero-order chi connectivity index (χ0) is 14.2. The van der Waals surface area contributed by atoms with Gasteiger partial charge in [-0.05, 0) is 24.3 Å². The van der Waals surface area contributed by atoms with Gasteiger partial charge in [0.05, 0.1) is 33.3 Å². The lowest BCUT2D eigenvalue weighted by molar-refractivity contribution is 0.201. The molecule has 4 nitrogen and oxygen atoms in total. The Balaban J connectivity index is 1.60. The van der Waals surface area contributed by atoms with Crippen LogP contribution < -0.4 is 10.1 Å². The molecule has 1 atom stereocenters. The molecule has 0 radical (unpaired) electrons. The van der Waals surface area contributed by atoms with Crippen LogP contribution in [0.2, 0.25) is 4.34 Å². The van der Waals surface area contributed by atoms with Gasteiger partial charge in [0.1, 0.15) is 11.6 Å². The lowest BCUT2D eigenvalue weighted by atomic mass is 10.2. The van der Waals surface area contributed by atoms with E-state index in [1.54, 1.807) is 0 Å². The van der Waals surface area contributed by atoms with Crippen molar-refractivity contribution < 1.29 is 4.74 Å². The largest absolute Gasteiger partial charge is 0.478 e. The zero-order valence-corrected chi connectivity index (χ0v) is 12.5. The summed E-state index contributed by atoms with van der Waals surface area (Å²) in [5.74, 6) is 1.67. The van der Waals surface area contributed by atoms with Gasteiger partial charge in [-0.15, -0.1) is 11.3 Å². The summed E-state index contributed by atoms with van der Waals surface area (Å²) in [6, 6.07) is 11.8. The van der Waals surface area contributed by atoms with E-state index >= 15 is 0 Å². The monoisotopic (exact) mass is 317 g/mol. The average molecular weight is 318 g/mol. The second kappa shape index (κ2) is 5.09. The Morgan fingerprint density at radius 1 is 1.24 bits per heavy atom. The van der Waals surface area contributed by atoms with Crippen LogP contribution in [-0.4, -0.2) is 16.5 Å². The van der Waals surface area contributed by atoms with Gasteiger partial charge in [0.25, 0.3) is 0 Å². The van der Waals surface area contributed by atoms with E-state index in [0.29, 0.717) is 6.54 Å². The molecule has 0 amide bonds. The van der Waals surface area contributed by atoms with Crippen LogP contribution in [0.15, 0.2) is 42.6 Å². The molecule has 0 fully saturated rings. The molecule has 0 spiro atoms. The molecule has 106 valence electrons. The van der Waals surface area contributed by atoms with Crippen molar-refractivity contribution in [3.63, 3.8) is 0 Å². The van der Waals surface area contributed by atoms with Crippen LogP contribution in [0.3, 0.4) is 0 Å². The summed E-state index contributed by atoms with van der Waals surface area (Å²) in [6.07, 6.45) is 1.70. The van der Waals surface area contributed by atoms with Gasteiger partial charge >= 0.3 is 0 Å². The number of thiophene rings is 1. The lowest BCUT2D eigenvalue weighted by Crippen LogP contribution is -2.24. The van der Waals surface area contributed by atoms with Crippen molar-refractivity contribution in [2.24, 2.45) is 0 Å². The maximum atomic E-state index is 5.99. The number of H-pyrrole nitrogens is 1. The quantitative estimate of drug-likeness (QED) is 0.739. The molecule has 3 heterocycles. The van der Waals surface area contributed by atoms with Gasteiger partial charge in [-0.1, -0.05) is 23.7 Å². The first kappa shape index (κ1) is 12.7. The summed E-state index contributed by atoms with van der Waals surface area (Å²) >= 11 is 7.50. The molecule has 2 N–H and O–H groups in total. The van der Waals surface area contributed by atoms with Crippen LogP contribution >= 0.6 is 22.9 Å². The number of halogens is 1. The fourth-order valence-corrected chi connectivity index (χ4v) is 3.36. The highest BCUT2D eigenvalue weighted by molar-refractivity contribution is 7.19. The van der Waals surface area contributed by atoms with Crippen LogP contribution in [0, 0.1) is 0 Å². The third-order valence-corrected chi connectivity index (χ3v) is 4.64. The van der Waals surface area contributed by atoms with E-state index in [0.717, 1.165) is 32.2 Å². The number of para-hydroxylation sites is 2. The molecule has 0 aliphatic carbocycles. The molecule has 1 aromatic carbocycles. The summed E-state index contributed by atoms with van der Waals surface area (Å²) in [4.78, 5) is 8.83. The van der Waals surface area contributed by atoms with Crippen molar-refractivity contribution in [1.82, 2.24) is 9.97 Å². The van der Waals surface area contributed by atoms with Crippen LogP contribution in [0.25, 0.3) is 10.6 Å². The van der Waals surface area contributed by atoms with E-state index in [9.17, 15) is 0 Å². The number of aromatic nitrogens is 2. The number of benzene rings is 1. The zero-order valence-electron chi connectivity index (χ0n) is 11.0. The molecule has 21 heavy (non-hydrogen) atoms. The number of nitrogens with one attached hydrogen (secondary N) is 2. The van der Waals surface area contributed by atoms with Crippen LogP contribution in [0.1, 0.15) is 11.9 Å². The number of anilines is 1. The Morgan fingerprint density at radius 3 is 3.00 bits per heavy atom. The molecule has 2 aromatic heterocycles. The van der Waals surface area contributed by atoms with Gasteiger partial charge in [0.2, 0.25) is 0 Å². The molecular weight excluding hydrogens is 306 g/mol. The molecule has 0 saturated carbocycles. The molecular formula is C15H12ClN3OS. The summed E-state index contributed by atoms with van der Waals surface area (Å²) < 4.78 is 6.76. The summed E-state index contributed by atoms with van der Waals surface area (Å²) in [6.45, 7) is 0.690. The maximum Gasteiger partial charge on any atom is 0.173 e. The van der Waals surface area contributed by atoms with E-state index in [1.165, 1.54) is 11.3 Å². The van der Waals surface area contributed by atoms with Crippen molar-refractivity contribution in [3.8, 4) is 16.3 Å². The summed E-state index contributed by atoms with van der Waals surface area (Å²) in [7, 11) is 0. The van der Waals surface area contributed by atoms with E-state index in [4.69, 9.17) is 16.3 Å². The first-order chi connectivity index (χ1) is 10.3. The molecule has 1 aliphatic heterocycles. The number of rotatable bonds is 2. The Hall–Kier alpha value is -1.98. The van der Waals surface area contributed by atoms with Gasteiger partial charge in [-0.3, -0.25) is 0 Å². The van der Waals surface area contributed by atoms with Crippen LogP contribution in [-0.2, 0) is 0 Å². The Bertz CT molecular complexity index is 783. The average Bonchev–Trinajstić information content (AvgIpc) is 3.15. The highest BCUT2D eigenvalue weighted by atomic mass is 35.5. The van der Waals surface area contributed by atoms with Crippen molar-refractivity contribution in [2.45, 2.75) is 6.10 Å². The lowest BCUT2D eigenvalue weighted by Gasteiger charge is -2.25. The molecule has 3 aromatic rings. The Labute approximate surface area is 130 Å². The number of hydrogen-bond acceptors (Lipinski definition) is 4. The standard InChI is InChI=1S/C15H12ClN3OS/c16-14-6-5-13(21-14)10-7-18-15(19-10)12-8-17-9-3-1-2-4-11(9)20-12/h1-7,12,17H,8H2,(H,18,19). The Kier molecular flexibility index (Phi) is 3.09. The first-order valence-electron chi connectivity index (χ1n) is 6.60. The van der Waals surface area contributed by atoms with Crippen molar-refractivity contribution in [1.29, 1.82) is 0 Å². The highest BCUT2D eigenvalue weighted by Crippen LogP contribution is 2.34. The fourth-order valence-electron chi connectivity index (χ4n) is 2.35. The van der Waals surface area contributed by atoms with Gasteiger partial charge in [-0.2, -0.15) is 0 Å². The molecule has 0 bridgehead atoms. The number of aromatic amines is 1. The predicted octanol–water partition coefficient (Wildman–Crippen LogP) is 4.34. The third kappa shape index (κ3) is 2.39. The minimum absolute atomic E-state index is 0.121. The first-order valence-corrected chi connectivity index (χ1v) is 7.79. The normalized spacial score (nSPS) is 16.9. The number of nitrogens with zero attached hydrogens (tertiary/aromatic N) is 1. The van der Waals surface area contributed by atoms with Gasteiger partial charge in [0, 0.05) is 0 Å². The predicted molar refractivity (Wildman–Crippen MR) is 85.2 cm³/mol. The minimum Gasteiger partial charge on any atom is -0.478 e.